The van der Waals surface area contributed by atoms with Crippen molar-refractivity contribution in [2.45, 2.75) is 45.7 Å². The van der Waals surface area contributed by atoms with Gasteiger partial charge in [-0.1, -0.05) is 36.7 Å². The van der Waals surface area contributed by atoms with Crippen molar-refractivity contribution >= 4 is 35.0 Å². The number of anilines is 1. The van der Waals surface area contributed by atoms with Crippen LogP contribution < -0.4 is 9.64 Å². The van der Waals surface area contributed by atoms with Crippen LogP contribution in [0, 0.1) is 0 Å². The molecule has 1 unspecified atom stereocenters. The Morgan fingerprint density at radius 2 is 1.83 bits per heavy atom. The largest absolute Gasteiger partial charge is 0.494 e. The van der Waals surface area contributed by atoms with Gasteiger partial charge in [-0.25, -0.2) is 4.90 Å². The van der Waals surface area contributed by atoms with Gasteiger partial charge in [-0.05, 0) is 49.2 Å². The van der Waals surface area contributed by atoms with Gasteiger partial charge in [0.15, 0.2) is 0 Å². The molecule has 0 saturated carbocycles. The Kier molecular flexibility index (Phi) is 7.11. The second-order valence-electron chi connectivity index (χ2n) is 7.08. The second kappa shape index (κ2) is 9.76. The molecule has 0 spiro atoms. The molecule has 6 nitrogen and oxygen atoms in total. The summed E-state index contributed by atoms with van der Waals surface area (Å²) < 4.78 is 5.42. The molecule has 0 aliphatic carbocycles. The Hall–Kier alpha value is -2.86. The Labute approximate surface area is 181 Å². The van der Waals surface area contributed by atoms with E-state index in [1.54, 1.807) is 30.3 Å². The highest BCUT2D eigenvalue weighted by atomic mass is 35.5. The minimum absolute atomic E-state index is 0.0497. The molecule has 0 radical (unpaired) electrons. The van der Waals surface area contributed by atoms with E-state index in [9.17, 15) is 14.4 Å². The SMILES string of the molecule is CCCC(=O)N(Cc1ccccc1Cl)C1CC(=O)N(c2ccc(OCC)cc2)C1=O. The molecule has 1 heterocycles. The molecule has 1 atom stereocenters. The van der Waals surface area contributed by atoms with Crippen LogP contribution in [0.3, 0.4) is 0 Å². The summed E-state index contributed by atoms with van der Waals surface area (Å²) in [5.41, 5.74) is 1.21. The molecule has 7 heteroatoms. The summed E-state index contributed by atoms with van der Waals surface area (Å²) in [5.74, 6) is -0.240. The predicted molar refractivity (Wildman–Crippen MR) is 115 cm³/mol. The first-order valence-corrected chi connectivity index (χ1v) is 10.5. The normalized spacial score (nSPS) is 16.1. The van der Waals surface area contributed by atoms with Crippen molar-refractivity contribution in [1.29, 1.82) is 0 Å². The van der Waals surface area contributed by atoms with E-state index >= 15 is 0 Å². The van der Waals surface area contributed by atoms with Crippen LogP contribution in [0.2, 0.25) is 5.02 Å². The van der Waals surface area contributed by atoms with Crippen molar-refractivity contribution in [3.05, 3.63) is 59.1 Å². The molecule has 3 amide bonds. The molecule has 158 valence electrons. The van der Waals surface area contributed by atoms with Crippen molar-refractivity contribution < 1.29 is 19.1 Å². The Bertz CT molecular complexity index is 929. The molecular weight excluding hydrogens is 404 g/mol. The zero-order valence-electron chi connectivity index (χ0n) is 17.1. The predicted octanol–water partition coefficient (Wildman–Crippen LogP) is 4.20. The third kappa shape index (κ3) is 4.65. The maximum Gasteiger partial charge on any atom is 0.257 e. The number of amides is 3. The van der Waals surface area contributed by atoms with Gasteiger partial charge >= 0.3 is 0 Å². The van der Waals surface area contributed by atoms with Gasteiger partial charge in [-0.3, -0.25) is 14.4 Å². The van der Waals surface area contributed by atoms with Gasteiger partial charge in [-0.15, -0.1) is 0 Å². The smallest absolute Gasteiger partial charge is 0.257 e. The Morgan fingerprint density at radius 3 is 2.47 bits per heavy atom. The minimum Gasteiger partial charge on any atom is -0.494 e. The third-order valence-corrected chi connectivity index (χ3v) is 5.36. The lowest BCUT2D eigenvalue weighted by molar-refractivity contribution is -0.139. The van der Waals surface area contributed by atoms with E-state index in [0.717, 1.165) is 10.5 Å². The van der Waals surface area contributed by atoms with E-state index in [4.69, 9.17) is 16.3 Å². The van der Waals surface area contributed by atoms with Gasteiger partial charge in [0, 0.05) is 18.0 Å². The minimum atomic E-state index is -0.848. The fourth-order valence-electron chi connectivity index (χ4n) is 3.53. The lowest BCUT2D eigenvalue weighted by Crippen LogP contribution is -2.45. The molecule has 1 fully saturated rings. The summed E-state index contributed by atoms with van der Waals surface area (Å²) in [6.45, 7) is 4.49. The Balaban J connectivity index is 1.87. The molecule has 1 saturated heterocycles. The van der Waals surface area contributed by atoms with Crippen molar-refractivity contribution in [3.63, 3.8) is 0 Å². The second-order valence-corrected chi connectivity index (χ2v) is 7.48. The fraction of sp³-hybridized carbons (Fsp3) is 0.348. The highest BCUT2D eigenvalue weighted by Crippen LogP contribution is 2.29. The van der Waals surface area contributed by atoms with Crippen LogP contribution in [-0.4, -0.2) is 35.3 Å². The molecule has 0 aromatic heterocycles. The van der Waals surface area contributed by atoms with Crippen molar-refractivity contribution in [1.82, 2.24) is 4.90 Å². The zero-order chi connectivity index (χ0) is 21.7. The van der Waals surface area contributed by atoms with Gasteiger partial charge in [0.2, 0.25) is 11.8 Å². The number of imide groups is 1. The van der Waals surface area contributed by atoms with Crippen LogP contribution in [0.15, 0.2) is 48.5 Å². The Morgan fingerprint density at radius 1 is 1.13 bits per heavy atom. The van der Waals surface area contributed by atoms with Gasteiger partial charge in [0.1, 0.15) is 11.8 Å². The topological polar surface area (TPSA) is 66.9 Å². The van der Waals surface area contributed by atoms with Crippen LogP contribution in [0.4, 0.5) is 5.69 Å². The average Bonchev–Trinajstić information content (AvgIpc) is 3.02. The number of benzene rings is 2. The van der Waals surface area contributed by atoms with E-state index in [2.05, 4.69) is 0 Å². The molecule has 3 rings (SSSR count). The highest BCUT2D eigenvalue weighted by Gasteiger charge is 2.44. The van der Waals surface area contributed by atoms with Crippen LogP contribution >= 0.6 is 11.6 Å². The van der Waals surface area contributed by atoms with Crippen LogP contribution in [-0.2, 0) is 20.9 Å². The number of nitrogens with zero attached hydrogens (tertiary/aromatic N) is 2. The van der Waals surface area contributed by atoms with E-state index in [1.165, 1.54) is 4.90 Å². The lowest BCUT2D eigenvalue weighted by Gasteiger charge is -2.28. The van der Waals surface area contributed by atoms with Gasteiger partial charge in [0.25, 0.3) is 5.91 Å². The standard InChI is InChI=1S/C23H25ClN2O4/c1-3-7-21(27)25(15-16-8-5-6-9-19(16)24)20-14-22(28)26(23(20)29)17-10-12-18(13-11-17)30-4-2/h5-6,8-13,20H,3-4,7,14-15H2,1-2H3. The van der Waals surface area contributed by atoms with Crippen LogP contribution in [0.5, 0.6) is 5.75 Å². The monoisotopic (exact) mass is 428 g/mol. The number of ether oxygens (including phenoxy) is 1. The van der Waals surface area contributed by atoms with E-state index in [1.807, 2.05) is 32.0 Å². The van der Waals surface area contributed by atoms with Crippen molar-refractivity contribution in [2.75, 3.05) is 11.5 Å². The van der Waals surface area contributed by atoms with E-state index < -0.39 is 11.9 Å². The summed E-state index contributed by atoms with van der Waals surface area (Å²) in [6, 6.07) is 13.1. The molecule has 2 aromatic carbocycles. The third-order valence-electron chi connectivity index (χ3n) is 4.99. The molecule has 1 aliphatic heterocycles. The van der Waals surface area contributed by atoms with Crippen molar-refractivity contribution in [2.24, 2.45) is 0 Å². The highest BCUT2D eigenvalue weighted by molar-refractivity contribution is 6.31. The summed E-state index contributed by atoms with van der Waals surface area (Å²) in [7, 11) is 0. The summed E-state index contributed by atoms with van der Waals surface area (Å²) in [6.07, 6.45) is 0.896. The number of carbonyl (C=O) groups excluding carboxylic acids is 3. The van der Waals surface area contributed by atoms with Gasteiger partial charge in [0.05, 0.1) is 18.7 Å². The van der Waals surface area contributed by atoms with Gasteiger partial charge < -0.3 is 9.64 Å². The van der Waals surface area contributed by atoms with E-state index in [-0.39, 0.29) is 24.8 Å². The van der Waals surface area contributed by atoms with Crippen LogP contribution in [0.25, 0.3) is 0 Å². The molecule has 0 bridgehead atoms. The first-order chi connectivity index (χ1) is 14.5. The molecule has 30 heavy (non-hydrogen) atoms. The number of carbonyl (C=O) groups is 3. The summed E-state index contributed by atoms with van der Waals surface area (Å²) in [4.78, 5) is 41.4. The average molecular weight is 429 g/mol. The fourth-order valence-corrected chi connectivity index (χ4v) is 3.72. The van der Waals surface area contributed by atoms with E-state index in [0.29, 0.717) is 35.9 Å². The molecule has 0 N–H and O–H groups in total. The molecular formula is C23H25ClN2O4. The number of rotatable bonds is 8. The quantitative estimate of drug-likeness (QED) is 0.591. The van der Waals surface area contributed by atoms with Crippen LogP contribution in [0.1, 0.15) is 38.7 Å². The number of halogens is 1. The maximum absolute atomic E-state index is 13.2. The number of hydrogen-bond acceptors (Lipinski definition) is 4. The maximum atomic E-state index is 13.2. The van der Waals surface area contributed by atoms with Gasteiger partial charge in [-0.2, -0.15) is 0 Å². The van der Waals surface area contributed by atoms with Crippen molar-refractivity contribution in [3.8, 4) is 5.75 Å². The summed E-state index contributed by atoms with van der Waals surface area (Å²) in [5, 5.41) is 0.520. The lowest BCUT2D eigenvalue weighted by atomic mass is 10.1. The first-order valence-electron chi connectivity index (χ1n) is 10.1. The molecule has 1 aliphatic rings. The first kappa shape index (κ1) is 21.8. The number of hydrogen-bond donors (Lipinski definition) is 0. The summed E-state index contributed by atoms with van der Waals surface area (Å²) >= 11 is 6.27. The zero-order valence-corrected chi connectivity index (χ0v) is 17.9. The molecule has 2 aromatic rings.